The van der Waals surface area contributed by atoms with Crippen molar-refractivity contribution in [2.45, 2.75) is 13.8 Å². The molecule has 2 aromatic carbocycles. The molecule has 5 rings (SSSR count). The fourth-order valence-corrected chi connectivity index (χ4v) is 3.95. The molecule has 0 unspecified atom stereocenters. The molecule has 0 aliphatic heterocycles. The van der Waals surface area contributed by atoms with E-state index in [4.69, 9.17) is 4.74 Å². The average Bonchev–Trinajstić information content (AvgIpc) is 3.17. The lowest BCUT2D eigenvalue weighted by Crippen LogP contribution is -2.19. The zero-order valence-electron chi connectivity index (χ0n) is 19.0. The summed E-state index contributed by atoms with van der Waals surface area (Å²) in [6, 6.07) is 21.0. The molecule has 0 bridgehead atoms. The number of pyridine rings is 1. The van der Waals surface area contributed by atoms with Crippen LogP contribution >= 0.6 is 0 Å². The molecule has 3 heterocycles. The number of rotatable bonds is 4. The maximum atomic E-state index is 13.6. The second-order valence-corrected chi connectivity index (χ2v) is 8.04. The van der Waals surface area contributed by atoms with Gasteiger partial charge in [0, 0.05) is 13.2 Å². The van der Waals surface area contributed by atoms with Crippen molar-refractivity contribution in [3.8, 4) is 17.7 Å². The van der Waals surface area contributed by atoms with E-state index in [0.717, 1.165) is 22.2 Å². The number of aryl methyl sites for hydroxylation is 3. The minimum absolute atomic E-state index is 0.139. The molecule has 0 aliphatic rings. The topological polar surface area (TPSA) is 85.2 Å². The van der Waals surface area contributed by atoms with Crippen molar-refractivity contribution in [1.82, 2.24) is 18.9 Å². The fourth-order valence-electron chi connectivity index (χ4n) is 3.95. The van der Waals surface area contributed by atoms with Crippen LogP contribution in [0.5, 0.6) is 11.6 Å². The molecule has 0 fully saturated rings. The van der Waals surface area contributed by atoms with Gasteiger partial charge in [-0.15, -0.1) is 0 Å². The van der Waals surface area contributed by atoms with Gasteiger partial charge in [0.15, 0.2) is 5.82 Å². The van der Waals surface area contributed by atoms with E-state index in [0.29, 0.717) is 17.2 Å². The van der Waals surface area contributed by atoms with E-state index in [1.165, 1.54) is 10.5 Å². The second-order valence-electron chi connectivity index (χ2n) is 8.04. The summed E-state index contributed by atoms with van der Waals surface area (Å²) in [5.74, 6) is 1.18. The highest BCUT2D eigenvalue weighted by atomic mass is 16.5. The lowest BCUT2D eigenvalue weighted by molar-refractivity contribution is 0.457. The van der Waals surface area contributed by atoms with Gasteiger partial charge in [-0.25, -0.2) is 4.98 Å². The SMILES string of the molecule is Cc1ccccc1Oc1nc2c(C)cccn2c(=O)c1/C=C(\C#N)c1nc2ccccc2n1C. The van der Waals surface area contributed by atoms with Gasteiger partial charge in [0.05, 0.1) is 16.6 Å². The van der Waals surface area contributed by atoms with Crippen molar-refractivity contribution in [1.29, 1.82) is 5.26 Å². The molecule has 0 amide bonds. The van der Waals surface area contributed by atoms with Gasteiger partial charge >= 0.3 is 0 Å². The number of nitriles is 1. The van der Waals surface area contributed by atoms with Crippen molar-refractivity contribution in [2.75, 3.05) is 0 Å². The van der Waals surface area contributed by atoms with E-state index in [2.05, 4.69) is 16.0 Å². The van der Waals surface area contributed by atoms with Gasteiger partial charge in [0.25, 0.3) is 5.56 Å². The molecule has 5 aromatic rings. The lowest BCUT2D eigenvalue weighted by atomic mass is 10.1. The van der Waals surface area contributed by atoms with Crippen LogP contribution in [0.25, 0.3) is 28.3 Å². The number of aromatic nitrogens is 4. The molecule has 0 spiro atoms. The average molecular weight is 447 g/mol. The van der Waals surface area contributed by atoms with Crippen molar-refractivity contribution < 1.29 is 4.74 Å². The zero-order chi connectivity index (χ0) is 23.8. The van der Waals surface area contributed by atoms with Crippen LogP contribution in [-0.2, 0) is 7.05 Å². The first-order chi connectivity index (χ1) is 16.5. The van der Waals surface area contributed by atoms with Gasteiger partial charge in [0.2, 0.25) is 5.88 Å². The third kappa shape index (κ3) is 3.51. The Morgan fingerprint density at radius 2 is 1.74 bits per heavy atom. The standard InChI is InChI=1S/C27H21N5O2/c1-17-9-4-7-13-23(17)34-26-20(27(33)32-14-8-10-18(2)24(32)30-26)15-19(16-28)25-29-21-11-5-6-12-22(21)31(25)3/h4-15H,1-3H3/b19-15+. The zero-order valence-corrected chi connectivity index (χ0v) is 19.0. The van der Waals surface area contributed by atoms with Gasteiger partial charge in [0.1, 0.15) is 23.0 Å². The van der Waals surface area contributed by atoms with Crippen molar-refractivity contribution in [3.05, 3.63) is 99.7 Å². The number of ether oxygens (including phenoxy) is 1. The summed E-state index contributed by atoms with van der Waals surface area (Å²) in [6.45, 7) is 3.80. The number of para-hydroxylation sites is 3. The largest absolute Gasteiger partial charge is 0.438 e. The minimum Gasteiger partial charge on any atom is -0.438 e. The van der Waals surface area contributed by atoms with E-state index < -0.39 is 0 Å². The number of benzene rings is 2. The number of hydrogen-bond donors (Lipinski definition) is 0. The number of hydrogen-bond acceptors (Lipinski definition) is 5. The van der Waals surface area contributed by atoms with Gasteiger partial charge in [-0.1, -0.05) is 36.4 Å². The molecule has 0 aliphatic carbocycles. The molecule has 7 nitrogen and oxygen atoms in total. The number of allylic oxidation sites excluding steroid dienone is 1. The summed E-state index contributed by atoms with van der Waals surface area (Å²) < 4.78 is 9.45. The predicted octanol–water partition coefficient (Wildman–Crippen LogP) is 5.05. The third-order valence-corrected chi connectivity index (χ3v) is 5.79. The van der Waals surface area contributed by atoms with Gasteiger partial charge in [-0.05, 0) is 55.3 Å². The molecule has 0 radical (unpaired) electrons. The first-order valence-electron chi connectivity index (χ1n) is 10.8. The summed E-state index contributed by atoms with van der Waals surface area (Å²) in [5.41, 5.74) is 3.97. The summed E-state index contributed by atoms with van der Waals surface area (Å²) in [7, 11) is 1.84. The monoisotopic (exact) mass is 447 g/mol. The molecule has 166 valence electrons. The maximum Gasteiger partial charge on any atom is 0.269 e. The highest BCUT2D eigenvalue weighted by Gasteiger charge is 2.19. The molecule has 7 heteroatoms. The summed E-state index contributed by atoms with van der Waals surface area (Å²) >= 11 is 0. The highest BCUT2D eigenvalue weighted by Crippen LogP contribution is 2.29. The quantitative estimate of drug-likeness (QED) is 0.360. The van der Waals surface area contributed by atoms with Crippen molar-refractivity contribution in [3.63, 3.8) is 0 Å². The number of nitrogens with zero attached hydrogens (tertiary/aromatic N) is 5. The molecule has 3 aromatic heterocycles. The van der Waals surface area contributed by atoms with E-state index in [1.54, 1.807) is 12.3 Å². The predicted molar refractivity (Wildman–Crippen MR) is 132 cm³/mol. The maximum absolute atomic E-state index is 13.6. The molecule has 34 heavy (non-hydrogen) atoms. The summed E-state index contributed by atoms with van der Waals surface area (Å²) in [4.78, 5) is 22.9. The van der Waals surface area contributed by atoms with Crippen LogP contribution in [0, 0.1) is 25.2 Å². The highest BCUT2D eigenvalue weighted by molar-refractivity contribution is 5.91. The van der Waals surface area contributed by atoms with E-state index in [-0.39, 0.29) is 22.6 Å². The number of fused-ring (bicyclic) bond motifs is 2. The smallest absolute Gasteiger partial charge is 0.269 e. The minimum atomic E-state index is -0.330. The Bertz CT molecular complexity index is 1700. The van der Waals surface area contributed by atoms with Crippen LogP contribution < -0.4 is 10.3 Å². The van der Waals surface area contributed by atoms with Crippen molar-refractivity contribution >= 4 is 28.3 Å². The first kappa shape index (κ1) is 21.2. The van der Waals surface area contributed by atoms with Crippen LogP contribution in [0.3, 0.4) is 0 Å². The second kappa shape index (κ2) is 8.34. The Morgan fingerprint density at radius 3 is 2.50 bits per heavy atom. The fraction of sp³-hybridized carbons (Fsp3) is 0.111. The van der Waals surface area contributed by atoms with E-state index in [9.17, 15) is 10.1 Å². The van der Waals surface area contributed by atoms with Gasteiger partial charge < -0.3 is 9.30 Å². The van der Waals surface area contributed by atoms with Crippen LogP contribution in [0.2, 0.25) is 0 Å². The Labute approximate surface area is 195 Å². The lowest BCUT2D eigenvalue weighted by Gasteiger charge is -2.12. The third-order valence-electron chi connectivity index (χ3n) is 5.79. The van der Waals surface area contributed by atoms with Crippen molar-refractivity contribution in [2.24, 2.45) is 7.05 Å². The first-order valence-corrected chi connectivity index (χ1v) is 10.8. The van der Waals surface area contributed by atoms with Gasteiger partial charge in [-0.2, -0.15) is 10.2 Å². The summed E-state index contributed by atoms with van der Waals surface area (Å²) in [6.07, 6.45) is 3.17. The van der Waals surface area contributed by atoms with Crippen LogP contribution in [0.15, 0.2) is 71.7 Å². The molecule has 0 saturated heterocycles. The Balaban J connectivity index is 1.77. The molecular formula is C27H21N5O2. The van der Waals surface area contributed by atoms with Crippen LogP contribution in [0.4, 0.5) is 0 Å². The van der Waals surface area contributed by atoms with E-state index in [1.807, 2.05) is 80.1 Å². The molecule has 0 atom stereocenters. The van der Waals surface area contributed by atoms with E-state index >= 15 is 0 Å². The molecular weight excluding hydrogens is 426 g/mol. The Kier molecular flexibility index (Phi) is 5.19. The number of imidazole rings is 1. The Morgan fingerprint density at radius 1 is 1.00 bits per heavy atom. The normalized spacial score (nSPS) is 11.6. The van der Waals surface area contributed by atoms with Crippen LogP contribution in [0.1, 0.15) is 22.5 Å². The van der Waals surface area contributed by atoms with Gasteiger partial charge in [-0.3, -0.25) is 9.20 Å². The molecule has 0 saturated carbocycles. The van der Waals surface area contributed by atoms with Crippen LogP contribution in [-0.4, -0.2) is 18.9 Å². The Hall–Kier alpha value is -4.70. The summed E-state index contributed by atoms with van der Waals surface area (Å²) in [5, 5.41) is 10.0. The molecule has 0 N–H and O–H groups in total.